The van der Waals surface area contributed by atoms with Gasteiger partial charge in [-0.3, -0.25) is 0 Å². The van der Waals surface area contributed by atoms with Crippen molar-refractivity contribution in [2.24, 2.45) is 5.92 Å². The minimum absolute atomic E-state index is 0.565. The molecule has 80 valence electrons. The van der Waals surface area contributed by atoms with E-state index in [1.807, 2.05) is 11.3 Å². The molecular weight excluding hydrogens is 256 g/mol. The quantitative estimate of drug-likeness (QED) is 0.649. The van der Waals surface area contributed by atoms with Crippen molar-refractivity contribution in [3.8, 4) is 0 Å². The van der Waals surface area contributed by atoms with E-state index in [1.54, 1.807) is 0 Å². The van der Waals surface area contributed by atoms with E-state index in [-0.39, 0.29) is 0 Å². The van der Waals surface area contributed by atoms with E-state index in [1.165, 1.54) is 22.6 Å². The number of rotatable bonds is 5. The second-order valence-corrected chi connectivity index (χ2v) is 6.40. The molecule has 0 radical (unpaired) electrons. The number of hydrogen-bond acceptors (Lipinski definition) is 1. The first kappa shape index (κ1) is 12.3. The van der Waals surface area contributed by atoms with Gasteiger partial charge in [-0.1, -0.05) is 36.7 Å². The van der Waals surface area contributed by atoms with Gasteiger partial charge in [0.25, 0.3) is 0 Å². The Morgan fingerprint density at radius 1 is 1.29 bits per heavy atom. The predicted octanol–water partition coefficient (Wildman–Crippen LogP) is 5.18. The van der Waals surface area contributed by atoms with E-state index in [9.17, 15) is 0 Å². The molecule has 1 atom stereocenters. The average molecular weight is 275 g/mol. The van der Waals surface area contributed by atoms with Crippen molar-refractivity contribution in [3.05, 3.63) is 21.9 Å². The minimum atomic E-state index is 0.565. The molecule has 2 heteroatoms. The standard InChI is InChI=1S/C12H19BrS/c1-4-10-6-8-12(14-10)11(13)7-5-9(2)3/h6,8-9,11H,4-5,7H2,1-3H3. The highest BCUT2D eigenvalue weighted by molar-refractivity contribution is 9.09. The second-order valence-electron chi connectivity index (χ2n) is 4.10. The van der Waals surface area contributed by atoms with Gasteiger partial charge >= 0.3 is 0 Å². The van der Waals surface area contributed by atoms with Crippen molar-refractivity contribution in [1.29, 1.82) is 0 Å². The molecule has 1 unspecified atom stereocenters. The van der Waals surface area contributed by atoms with Crippen LogP contribution in [0.25, 0.3) is 0 Å². The van der Waals surface area contributed by atoms with Crippen molar-refractivity contribution in [3.63, 3.8) is 0 Å². The molecule has 0 saturated carbocycles. The second kappa shape index (κ2) is 5.92. The molecule has 0 spiro atoms. The maximum atomic E-state index is 3.77. The summed E-state index contributed by atoms with van der Waals surface area (Å²) in [5.74, 6) is 0.806. The summed E-state index contributed by atoms with van der Waals surface area (Å²) >= 11 is 5.71. The van der Waals surface area contributed by atoms with Crippen molar-refractivity contribution in [1.82, 2.24) is 0 Å². The smallest absolute Gasteiger partial charge is 0.0489 e. The monoisotopic (exact) mass is 274 g/mol. The lowest BCUT2D eigenvalue weighted by Crippen LogP contribution is -1.91. The summed E-state index contributed by atoms with van der Waals surface area (Å²) in [6, 6.07) is 4.52. The first-order chi connectivity index (χ1) is 6.63. The van der Waals surface area contributed by atoms with Crippen LogP contribution in [0.4, 0.5) is 0 Å². The third-order valence-electron chi connectivity index (χ3n) is 2.34. The van der Waals surface area contributed by atoms with Crippen LogP contribution in [0, 0.1) is 5.92 Å². The van der Waals surface area contributed by atoms with E-state index in [0.717, 1.165) is 12.3 Å². The molecule has 1 aromatic rings. The molecule has 1 rings (SSSR count). The average Bonchev–Trinajstić information content (AvgIpc) is 2.62. The summed E-state index contributed by atoms with van der Waals surface area (Å²) < 4.78 is 0. The highest BCUT2D eigenvalue weighted by atomic mass is 79.9. The molecule has 0 saturated heterocycles. The maximum absolute atomic E-state index is 3.77. The van der Waals surface area contributed by atoms with E-state index in [0.29, 0.717) is 4.83 Å². The summed E-state index contributed by atoms with van der Waals surface area (Å²) in [6.45, 7) is 6.78. The van der Waals surface area contributed by atoms with Crippen LogP contribution in [-0.4, -0.2) is 0 Å². The minimum Gasteiger partial charge on any atom is -0.144 e. The highest BCUT2D eigenvalue weighted by Crippen LogP contribution is 2.34. The lowest BCUT2D eigenvalue weighted by molar-refractivity contribution is 0.556. The van der Waals surface area contributed by atoms with Crippen LogP contribution in [0.5, 0.6) is 0 Å². The van der Waals surface area contributed by atoms with Crippen molar-refractivity contribution >= 4 is 27.3 Å². The van der Waals surface area contributed by atoms with Crippen LogP contribution in [0.15, 0.2) is 12.1 Å². The molecule has 0 bridgehead atoms. The van der Waals surface area contributed by atoms with Crippen LogP contribution >= 0.6 is 27.3 Å². The van der Waals surface area contributed by atoms with Crippen LogP contribution in [0.2, 0.25) is 0 Å². The van der Waals surface area contributed by atoms with Crippen molar-refractivity contribution < 1.29 is 0 Å². The molecule has 1 aromatic heterocycles. The summed E-state index contributed by atoms with van der Waals surface area (Å²) in [5.41, 5.74) is 0. The molecule has 0 aliphatic carbocycles. The molecule has 0 aliphatic heterocycles. The molecule has 1 heterocycles. The third kappa shape index (κ3) is 3.74. The summed E-state index contributed by atoms with van der Waals surface area (Å²) in [5, 5.41) is 0. The number of hydrogen-bond donors (Lipinski definition) is 0. The van der Waals surface area contributed by atoms with E-state index >= 15 is 0 Å². The molecule has 0 aromatic carbocycles. The lowest BCUT2D eigenvalue weighted by Gasteiger charge is -2.09. The zero-order valence-electron chi connectivity index (χ0n) is 9.22. The van der Waals surface area contributed by atoms with E-state index < -0.39 is 0 Å². The van der Waals surface area contributed by atoms with Gasteiger partial charge in [0.15, 0.2) is 0 Å². The molecular formula is C12H19BrS. The topological polar surface area (TPSA) is 0 Å². The first-order valence-electron chi connectivity index (χ1n) is 5.36. The molecule has 0 nitrogen and oxygen atoms in total. The van der Waals surface area contributed by atoms with Crippen LogP contribution in [0.3, 0.4) is 0 Å². The molecule has 0 fully saturated rings. The van der Waals surface area contributed by atoms with Gasteiger partial charge in [0.1, 0.15) is 0 Å². The van der Waals surface area contributed by atoms with Gasteiger partial charge in [-0.05, 0) is 37.3 Å². The van der Waals surface area contributed by atoms with Gasteiger partial charge < -0.3 is 0 Å². The van der Waals surface area contributed by atoms with Gasteiger partial charge in [-0.15, -0.1) is 11.3 Å². The Balaban J connectivity index is 2.47. The van der Waals surface area contributed by atoms with E-state index in [4.69, 9.17) is 0 Å². The van der Waals surface area contributed by atoms with Crippen LogP contribution in [-0.2, 0) is 6.42 Å². The van der Waals surface area contributed by atoms with Crippen molar-refractivity contribution in [2.45, 2.75) is 44.9 Å². The number of halogens is 1. The zero-order valence-corrected chi connectivity index (χ0v) is 11.6. The van der Waals surface area contributed by atoms with Crippen molar-refractivity contribution in [2.75, 3.05) is 0 Å². The zero-order chi connectivity index (χ0) is 10.6. The highest BCUT2D eigenvalue weighted by Gasteiger charge is 2.10. The Kier molecular flexibility index (Phi) is 5.18. The summed E-state index contributed by atoms with van der Waals surface area (Å²) in [7, 11) is 0. The Labute approximate surface area is 99.9 Å². The van der Waals surface area contributed by atoms with Crippen LogP contribution in [0.1, 0.15) is 48.2 Å². The Hall–Kier alpha value is 0.180. The van der Waals surface area contributed by atoms with Gasteiger partial charge in [0.2, 0.25) is 0 Å². The number of aryl methyl sites for hydroxylation is 1. The largest absolute Gasteiger partial charge is 0.144 e. The fourth-order valence-electron chi connectivity index (χ4n) is 1.37. The normalized spacial score (nSPS) is 13.5. The van der Waals surface area contributed by atoms with Gasteiger partial charge in [-0.25, -0.2) is 0 Å². The Morgan fingerprint density at radius 2 is 2.00 bits per heavy atom. The first-order valence-corrected chi connectivity index (χ1v) is 7.09. The maximum Gasteiger partial charge on any atom is 0.0489 e. The molecule has 0 aliphatic rings. The Morgan fingerprint density at radius 3 is 2.50 bits per heavy atom. The Bertz CT molecular complexity index is 265. The summed E-state index contributed by atoms with van der Waals surface area (Å²) in [4.78, 5) is 3.55. The molecule has 0 N–H and O–H groups in total. The van der Waals surface area contributed by atoms with Crippen LogP contribution < -0.4 is 0 Å². The van der Waals surface area contributed by atoms with Gasteiger partial charge in [0, 0.05) is 14.6 Å². The number of thiophene rings is 1. The number of alkyl halides is 1. The third-order valence-corrected chi connectivity index (χ3v) is 4.93. The fraction of sp³-hybridized carbons (Fsp3) is 0.667. The predicted molar refractivity (Wildman–Crippen MR) is 69.4 cm³/mol. The SMILES string of the molecule is CCc1ccc(C(Br)CCC(C)C)s1. The fourth-order valence-corrected chi connectivity index (χ4v) is 3.04. The van der Waals surface area contributed by atoms with Gasteiger partial charge in [-0.2, -0.15) is 0 Å². The van der Waals surface area contributed by atoms with Gasteiger partial charge in [0.05, 0.1) is 0 Å². The summed E-state index contributed by atoms with van der Waals surface area (Å²) in [6.07, 6.45) is 3.71. The molecule has 14 heavy (non-hydrogen) atoms. The lowest BCUT2D eigenvalue weighted by atomic mass is 10.1. The molecule has 0 amide bonds. The van der Waals surface area contributed by atoms with E-state index in [2.05, 4.69) is 48.8 Å².